The topological polar surface area (TPSA) is 122 Å². The third-order valence-electron chi connectivity index (χ3n) is 6.91. The van der Waals surface area contributed by atoms with E-state index in [2.05, 4.69) is 15.6 Å². The number of amides is 1. The van der Waals surface area contributed by atoms with Gasteiger partial charge in [0.1, 0.15) is 0 Å². The molecule has 1 atom stereocenters. The van der Waals surface area contributed by atoms with Gasteiger partial charge < -0.3 is 24.9 Å². The van der Waals surface area contributed by atoms with Crippen molar-refractivity contribution < 1.29 is 24.2 Å². The summed E-state index contributed by atoms with van der Waals surface area (Å²) in [6.45, 7) is 2.21. The Hall–Kier alpha value is -4.21. The van der Waals surface area contributed by atoms with Crippen molar-refractivity contribution in [2.45, 2.75) is 32.4 Å². The standard InChI is InChI=1S/C28H25ClN4O5/c1-15-17-9-10-22(19(17)8-7-18(15)27(35)36)30-14-16-13-24(28(37)38-2)31-25-20(11-12-33(16)25)26(34)32-23-6-4-3-5-21(23)29/h3-8,11-13,22,30H,9-10,14H2,1-2H3,(H,32,34)(H,35,36)/t22-/m0/s1. The first-order valence-corrected chi connectivity index (χ1v) is 12.4. The largest absolute Gasteiger partial charge is 0.478 e. The maximum Gasteiger partial charge on any atom is 0.356 e. The smallest absolute Gasteiger partial charge is 0.356 e. The van der Waals surface area contributed by atoms with Crippen LogP contribution in [0.5, 0.6) is 0 Å². The first-order valence-electron chi connectivity index (χ1n) is 12.0. The molecule has 2 aromatic heterocycles. The van der Waals surface area contributed by atoms with Gasteiger partial charge in [-0.25, -0.2) is 14.6 Å². The minimum Gasteiger partial charge on any atom is -0.478 e. The lowest BCUT2D eigenvalue weighted by atomic mass is 9.98. The summed E-state index contributed by atoms with van der Waals surface area (Å²) in [5, 5.41) is 16.2. The summed E-state index contributed by atoms with van der Waals surface area (Å²) >= 11 is 6.20. The van der Waals surface area contributed by atoms with Gasteiger partial charge in [0.2, 0.25) is 0 Å². The van der Waals surface area contributed by atoms with E-state index in [1.54, 1.807) is 53.1 Å². The summed E-state index contributed by atoms with van der Waals surface area (Å²) in [5.41, 5.74) is 5.07. The molecule has 1 aliphatic carbocycles. The molecule has 0 saturated heterocycles. The van der Waals surface area contributed by atoms with Crippen molar-refractivity contribution in [3.05, 3.63) is 99.0 Å². The highest BCUT2D eigenvalue weighted by molar-refractivity contribution is 6.34. The Morgan fingerprint density at radius 3 is 2.68 bits per heavy atom. The number of nitrogens with one attached hydrogen (secondary N) is 2. The Balaban J connectivity index is 1.45. The number of hydrogen-bond acceptors (Lipinski definition) is 6. The zero-order valence-corrected chi connectivity index (χ0v) is 21.5. The summed E-state index contributed by atoms with van der Waals surface area (Å²) in [6, 6.07) is 13.7. The summed E-state index contributed by atoms with van der Waals surface area (Å²) < 4.78 is 6.66. The van der Waals surface area contributed by atoms with Crippen LogP contribution in [0.25, 0.3) is 5.65 Å². The zero-order valence-electron chi connectivity index (χ0n) is 20.7. The summed E-state index contributed by atoms with van der Waals surface area (Å²) in [7, 11) is 1.28. The maximum absolute atomic E-state index is 13.1. The number of carboxylic acid groups (broad SMARTS) is 1. The number of rotatable bonds is 7. The predicted molar refractivity (Wildman–Crippen MR) is 142 cm³/mol. The lowest BCUT2D eigenvalue weighted by Crippen LogP contribution is -2.21. The van der Waals surface area contributed by atoms with E-state index in [-0.39, 0.29) is 17.3 Å². The second kappa shape index (κ2) is 10.3. The second-order valence-electron chi connectivity index (χ2n) is 9.06. The van der Waals surface area contributed by atoms with Crippen LogP contribution in [0.15, 0.2) is 54.7 Å². The minimum absolute atomic E-state index is 0.00916. The van der Waals surface area contributed by atoms with E-state index in [0.29, 0.717) is 34.2 Å². The number of carbonyl (C=O) groups is 3. The van der Waals surface area contributed by atoms with Crippen molar-refractivity contribution in [3.63, 3.8) is 0 Å². The molecule has 194 valence electrons. The molecule has 1 amide bonds. The molecule has 0 unspecified atom stereocenters. The molecule has 5 rings (SSSR count). The molecular weight excluding hydrogens is 508 g/mol. The van der Waals surface area contributed by atoms with Gasteiger partial charge in [-0.1, -0.05) is 29.8 Å². The SMILES string of the molecule is COC(=O)c1cc(CN[C@H]2CCc3c2ccc(C(=O)O)c3C)n2ccc(C(=O)Nc3ccccc3Cl)c2n1. The van der Waals surface area contributed by atoms with Crippen molar-refractivity contribution in [3.8, 4) is 0 Å². The molecule has 9 nitrogen and oxygen atoms in total. The molecule has 3 N–H and O–H groups in total. The molecule has 0 radical (unpaired) electrons. The normalized spacial score (nSPS) is 14.3. The minimum atomic E-state index is -0.932. The Morgan fingerprint density at radius 1 is 1.16 bits per heavy atom. The lowest BCUT2D eigenvalue weighted by molar-refractivity contribution is 0.0593. The van der Waals surface area contributed by atoms with Crippen LogP contribution in [-0.2, 0) is 17.7 Å². The Labute approximate surface area is 223 Å². The first kappa shape index (κ1) is 25.4. The van der Waals surface area contributed by atoms with Crippen LogP contribution in [-0.4, -0.2) is 39.4 Å². The molecule has 0 bridgehead atoms. The molecule has 4 aromatic rings. The number of carbonyl (C=O) groups excluding carboxylic acids is 2. The molecule has 2 aromatic carbocycles. The number of halogens is 1. The van der Waals surface area contributed by atoms with E-state index in [9.17, 15) is 19.5 Å². The maximum atomic E-state index is 13.1. The average Bonchev–Trinajstić information content (AvgIpc) is 3.53. The number of fused-ring (bicyclic) bond motifs is 2. The number of benzene rings is 2. The van der Waals surface area contributed by atoms with Crippen molar-refractivity contribution in [1.82, 2.24) is 14.7 Å². The molecule has 38 heavy (non-hydrogen) atoms. The molecule has 10 heteroatoms. The van der Waals surface area contributed by atoms with E-state index < -0.39 is 17.8 Å². The van der Waals surface area contributed by atoms with E-state index in [0.717, 1.165) is 29.5 Å². The van der Waals surface area contributed by atoms with Crippen molar-refractivity contribution >= 4 is 40.8 Å². The highest BCUT2D eigenvalue weighted by Gasteiger charge is 2.26. The van der Waals surface area contributed by atoms with Gasteiger partial charge in [-0.2, -0.15) is 0 Å². The number of para-hydroxylation sites is 1. The van der Waals surface area contributed by atoms with Crippen molar-refractivity contribution in [2.75, 3.05) is 12.4 Å². The molecule has 0 spiro atoms. The summed E-state index contributed by atoms with van der Waals surface area (Å²) in [4.78, 5) is 41.5. The number of methoxy groups -OCH3 is 1. The van der Waals surface area contributed by atoms with E-state index >= 15 is 0 Å². The predicted octanol–water partition coefficient (Wildman–Crippen LogP) is 4.81. The number of esters is 1. The van der Waals surface area contributed by atoms with Crippen molar-refractivity contribution in [1.29, 1.82) is 0 Å². The van der Waals surface area contributed by atoms with Gasteiger partial charge in [-0.15, -0.1) is 0 Å². The summed E-state index contributed by atoms with van der Waals surface area (Å²) in [6.07, 6.45) is 3.32. The lowest BCUT2D eigenvalue weighted by Gasteiger charge is -2.17. The fraction of sp³-hybridized carbons (Fsp3) is 0.214. The first-order chi connectivity index (χ1) is 18.3. The van der Waals surface area contributed by atoms with Crippen molar-refractivity contribution in [2.24, 2.45) is 0 Å². The van der Waals surface area contributed by atoms with E-state index in [4.69, 9.17) is 16.3 Å². The Morgan fingerprint density at radius 2 is 1.95 bits per heavy atom. The van der Waals surface area contributed by atoms with Crippen LogP contribution in [0.2, 0.25) is 5.02 Å². The van der Waals surface area contributed by atoms with Crippen LogP contribution in [0.1, 0.15) is 66.1 Å². The number of hydrogen-bond donors (Lipinski definition) is 3. The van der Waals surface area contributed by atoms with Crippen LogP contribution < -0.4 is 10.6 Å². The highest BCUT2D eigenvalue weighted by Crippen LogP contribution is 2.35. The third kappa shape index (κ3) is 4.62. The van der Waals surface area contributed by atoms with Gasteiger partial charge in [-0.3, -0.25) is 4.79 Å². The number of carboxylic acids is 1. The van der Waals surface area contributed by atoms with Crippen LogP contribution in [0, 0.1) is 6.92 Å². The number of aromatic nitrogens is 2. The Bertz CT molecular complexity index is 1600. The zero-order chi connectivity index (χ0) is 27.0. The second-order valence-corrected chi connectivity index (χ2v) is 9.47. The van der Waals surface area contributed by atoms with Crippen LogP contribution in [0.4, 0.5) is 5.69 Å². The fourth-order valence-electron chi connectivity index (χ4n) is 4.97. The molecule has 0 fully saturated rings. The van der Waals surface area contributed by atoms with E-state index in [1.165, 1.54) is 7.11 Å². The number of aromatic carboxylic acids is 1. The quantitative estimate of drug-likeness (QED) is 0.292. The number of anilines is 1. The number of ether oxygens (including phenoxy) is 1. The third-order valence-corrected chi connectivity index (χ3v) is 7.24. The van der Waals surface area contributed by atoms with E-state index in [1.807, 2.05) is 13.0 Å². The monoisotopic (exact) mass is 532 g/mol. The molecule has 0 saturated carbocycles. The summed E-state index contributed by atoms with van der Waals surface area (Å²) in [5.74, 6) is -1.96. The number of nitrogens with zero attached hydrogens (tertiary/aromatic N) is 2. The molecule has 0 aliphatic heterocycles. The van der Waals surface area contributed by atoms with Gasteiger partial charge in [-0.05, 0) is 66.8 Å². The Kier molecular flexibility index (Phi) is 6.88. The molecule has 1 aliphatic rings. The highest BCUT2D eigenvalue weighted by atomic mass is 35.5. The van der Waals surface area contributed by atoms with Gasteiger partial charge in [0.25, 0.3) is 5.91 Å². The van der Waals surface area contributed by atoms with Crippen LogP contribution >= 0.6 is 11.6 Å². The average molecular weight is 533 g/mol. The van der Waals surface area contributed by atoms with Gasteiger partial charge in [0.05, 0.1) is 28.9 Å². The van der Waals surface area contributed by atoms with Crippen LogP contribution in [0.3, 0.4) is 0 Å². The molecule has 2 heterocycles. The molecular formula is C28H25ClN4O5. The van der Waals surface area contributed by atoms with Gasteiger partial charge in [0, 0.05) is 24.5 Å². The fourth-order valence-corrected chi connectivity index (χ4v) is 5.15. The van der Waals surface area contributed by atoms with Gasteiger partial charge >= 0.3 is 11.9 Å². The van der Waals surface area contributed by atoms with Gasteiger partial charge in [0.15, 0.2) is 11.3 Å².